The Morgan fingerprint density at radius 2 is 0.761 bits per heavy atom. The molecule has 0 bridgehead atoms. The van der Waals surface area contributed by atoms with Crippen LogP contribution in [-0.4, -0.2) is 9.97 Å². The average Bonchev–Trinajstić information content (AvgIpc) is 3.88. The first-order valence-corrected chi connectivity index (χ1v) is 23.2. The third-order valence-corrected chi connectivity index (χ3v) is 14.5. The second-order valence-electron chi connectivity index (χ2n) is 17.9. The van der Waals surface area contributed by atoms with Gasteiger partial charge in [0.2, 0.25) is 0 Å². The highest BCUT2D eigenvalue weighted by Gasteiger charge is 2.52. The van der Waals surface area contributed by atoms with Gasteiger partial charge < -0.3 is 0 Å². The Labute approximate surface area is 389 Å². The van der Waals surface area contributed by atoms with Crippen molar-refractivity contribution in [3.05, 3.63) is 265 Å². The number of fused-ring (bicyclic) bond motifs is 14. The van der Waals surface area contributed by atoms with Crippen molar-refractivity contribution >= 4 is 32.3 Å². The predicted octanol–water partition coefficient (Wildman–Crippen LogP) is 16.6. The first kappa shape index (κ1) is 37.6. The normalized spacial score (nSPS) is 12.9. The van der Waals surface area contributed by atoms with Crippen molar-refractivity contribution in [1.82, 2.24) is 9.97 Å². The van der Waals surface area contributed by atoms with Gasteiger partial charge in [-0.1, -0.05) is 237 Å². The van der Waals surface area contributed by atoms with Crippen LogP contribution in [0.2, 0.25) is 0 Å². The molecule has 2 heteroatoms. The van der Waals surface area contributed by atoms with E-state index in [0.29, 0.717) is 5.82 Å². The molecule has 12 aromatic rings. The molecule has 1 aromatic heterocycles. The van der Waals surface area contributed by atoms with Gasteiger partial charge in [-0.25, -0.2) is 9.97 Å². The third-order valence-electron chi connectivity index (χ3n) is 14.5. The molecule has 0 N–H and O–H groups in total. The van der Waals surface area contributed by atoms with E-state index in [0.717, 1.165) is 33.6 Å². The van der Waals surface area contributed by atoms with E-state index in [1.807, 2.05) is 0 Å². The topological polar surface area (TPSA) is 25.8 Å². The summed E-state index contributed by atoms with van der Waals surface area (Å²) >= 11 is 0. The first-order valence-electron chi connectivity index (χ1n) is 23.2. The molecular formula is C65H40N2. The maximum absolute atomic E-state index is 5.49. The summed E-state index contributed by atoms with van der Waals surface area (Å²) in [5, 5.41) is 7.48. The van der Waals surface area contributed by atoms with Gasteiger partial charge in [0.1, 0.15) is 0 Å². The summed E-state index contributed by atoms with van der Waals surface area (Å²) < 4.78 is 0. The van der Waals surface area contributed by atoms with E-state index in [2.05, 4.69) is 243 Å². The Morgan fingerprint density at radius 3 is 1.43 bits per heavy atom. The molecule has 0 saturated heterocycles. The molecule has 1 heterocycles. The zero-order valence-corrected chi connectivity index (χ0v) is 36.5. The van der Waals surface area contributed by atoms with Gasteiger partial charge in [0.05, 0.1) is 16.8 Å². The van der Waals surface area contributed by atoms with E-state index in [9.17, 15) is 0 Å². The van der Waals surface area contributed by atoms with Gasteiger partial charge in [0, 0.05) is 16.7 Å². The SMILES string of the molecule is c1ccc(-c2nc(-c3ccc(-c4c5ccccc5c(-c5ccccc5)c5c4ccc4ccccc45)cc3)cc(-c3cccc4c3C3(c5ccccc5-c5ccccc53)c3ccccc3-4)n2)cc1. The van der Waals surface area contributed by atoms with Crippen molar-refractivity contribution in [3.8, 4) is 78.4 Å². The summed E-state index contributed by atoms with van der Waals surface area (Å²) in [5.74, 6) is 0.701. The molecule has 0 amide bonds. The Bertz CT molecular complexity index is 3900. The number of nitrogens with zero attached hydrogens (tertiary/aromatic N) is 2. The van der Waals surface area contributed by atoms with Gasteiger partial charge in [0.15, 0.2) is 5.82 Å². The van der Waals surface area contributed by atoms with Crippen LogP contribution in [0.15, 0.2) is 243 Å². The monoisotopic (exact) mass is 848 g/mol. The van der Waals surface area contributed by atoms with Crippen LogP contribution >= 0.6 is 0 Å². The van der Waals surface area contributed by atoms with Crippen LogP contribution < -0.4 is 0 Å². The third kappa shape index (κ3) is 5.45. The minimum absolute atomic E-state index is 0.512. The van der Waals surface area contributed by atoms with Crippen LogP contribution in [0.1, 0.15) is 22.3 Å². The maximum atomic E-state index is 5.49. The van der Waals surface area contributed by atoms with Crippen molar-refractivity contribution < 1.29 is 0 Å². The lowest BCUT2D eigenvalue weighted by Crippen LogP contribution is -2.26. The number of hydrogen-bond acceptors (Lipinski definition) is 2. The molecule has 67 heavy (non-hydrogen) atoms. The van der Waals surface area contributed by atoms with Crippen molar-refractivity contribution in [2.75, 3.05) is 0 Å². The van der Waals surface area contributed by atoms with Crippen molar-refractivity contribution in [2.24, 2.45) is 0 Å². The predicted molar refractivity (Wildman–Crippen MR) is 278 cm³/mol. The fraction of sp³-hybridized carbons (Fsp3) is 0.0154. The summed E-state index contributed by atoms with van der Waals surface area (Å²) in [6.45, 7) is 0. The molecule has 2 nitrogen and oxygen atoms in total. The lowest BCUT2D eigenvalue weighted by Gasteiger charge is -2.32. The molecule has 11 aromatic carbocycles. The van der Waals surface area contributed by atoms with Crippen molar-refractivity contribution in [1.29, 1.82) is 0 Å². The van der Waals surface area contributed by atoms with Crippen molar-refractivity contribution in [3.63, 3.8) is 0 Å². The lowest BCUT2D eigenvalue weighted by atomic mass is 9.69. The van der Waals surface area contributed by atoms with E-state index in [4.69, 9.17) is 9.97 Å². The van der Waals surface area contributed by atoms with E-state index < -0.39 is 5.41 Å². The molecule has 0 unspecified atom stereocenters. The molecule has 2 aliphatic carbocycles. The van der Waals surface area contributed by atoms with Crippen molar-refractivity contribution in [2.45, 2.75) is 5.41 Å². The molecule has 1 spiro atoms. The fourth-order valence-corrected chi connectivity index (χ4v) is 11.8. The summed E-state index contributed by atoms with van der Waals surface area (Å²) in [4.78, 5) is 10.9. The Balaban J connectivity index is 0.985. The van der Waals surface area contributed by atoms with Gasteiger partial charge >= 0.3 is 0 Å². The average molecular weight is 849 g/mol. The lowest BCUT2D eigenvalue weighted by molar-refractivity contribution is 0.795. The minimum Gasteiger partial charge on any atom is -0.228 e. The van der Waals surface area contributed by atoms with Gasteiger partial charge in [-0.3, -0.25) is 0 Å². The van der Waals surface area contributed by atoms with E-state index in [1.165, 1.54) is 93.5 Å². The number of benzene rings is 11. The number of aromatic nitrogens is 2. The number of rotatable bonds is 5. The highest BCUT2D eigenvalue weighted by Crippen LogP contribution is 2.64. The maximum Gasteiger partial charge on any atom is 0.160 e. The van der Waals surface area contributed by atoms with Gasteiger partial charge in [-0.05, 0) is 105 Å². The van der Waals surface area contributed by atoms with Gasteiger partial charge in [0.25, 0.3) is 0 Å². The quantitative estimate of drug-likeness (QED) is 0.127. The van der Waals surface area contributed by atoms with Crippen LogP contribution in [0.5, 0.6) is 0 Å². The molecule has 0 saturated carbocycles. The standard InChI is InChI=1S/C65H40N2/c1-3-19-43(20-4-1)61-51-28-10-9-27-50(51)60(54-39-38-41-18-7-8-23-46(41)62(54)61)44-36-34-42(35-37-44)58-40-59(67-64(66-58)45-21-5-2-6-22-45)53-30-17-29-52-49-26-13-16-33-57(49)65(63(52)53)55-31-14-11-24-47(55)48-25-12-15-32-56(48)65/h1-40H. The molecular weight excluding hydrogens is 809 g/mol. The fourth-order valence-electron chi connectivity index (χ4n) is 11.8. The van der Waals surface area contributed by atoms with Crippen LogP contribution in [-0.2, 0) is 5.41 Å². The van der Waals surface area contributed by atoms with Crippen LogP contribution in [0, 0.1) is 0 Å². The van der Waals surface area contributed by atoms with Crippen LogP contribution in [0.25, 0.3) is 111 Å². The molecule has 14 rings (SSSR count). The Morgan fingerprint density at radius 1 is 0.284 bits per heavy atom. The molecule has 0 aliphatic heterocycles. The number of hydrogen-bond donors (Lipinski definition) is 0. The Kier molecular flexibility index (Phi) is 8.23. The highest BCUT2D eigenvalue weighted by atomic mass is 14.9. The largest absolute Gasteiger partial charge is 0.228 e. The summed E-state index contributed by atoms with van der Waals surface area (Å²) in [5.41, 5.74) is 19.6. The summed E-state index contributed by atoms with van der Waals surface area (Å²) in [6.07, 6.45) is 0. The highest BCUT2D eigenvalue weighted by molar-refractivity contribution is 6.28. The van der Waals surface area contributed by atoms with E-state index in [1.54, 1.807) is 0 Å². The zero-order valence-electron chi connectivity index (χ0n) is 36.5. The second kappa shape index (κ2) is 14.7. The first-order chi connectivity index (χ1) is 33.3. The summed E-state index contributed by atoms with van der Waals surface area (Å²) in [7, 11) is 0. The van der Waals surface area contributed by atoms with Gasteiger partial charge in [-0.2, -0.15) is 0 Å². The molecule has 0 atom stereocenters. The minimum atomic E-state index is -0.512. The van der Waals surface area contributed by atoms with E-state index in [-0.39, 0.29) is 0 Å². The second-order valence-corrected chi connectivity index (χ2v) is 17.9. The Hall–Kier alpha value is -8.72. The molecule has 310 valence electrons. The van der Waals surface area contributed by atoms with Crippen LogP contribution in [0.3, 0.4) is 0 Å². The summed E-state index contributed by atoms with van der Waals surface area (Å²) in [6, 6.07) is 88.6. The van der Waals surface area contributed by atoms with Gasteiger partial charge in [-0.15, -0.1) is 0 Å². The molecule has 0 radical (unpaired) electrons. The van der Waals surface area contributed by atoms with E-state index >= 15 is 0 Å². The zero-order chi connectivity index (χ0) is 44.1. The smallest absolute Gasteiger partial charge is 0.160 e. The van der Waals surface area contributed by atoms with Crippen LogP contribution in [0.4, 0.5) is 0 Å². The molecule has 0 fully saturated rings. The molecule has 2 aliphatic rings.